The SMILES string of the molecule is C=CCOCc1c(CCl)sc2c(=O)c(C(=O)NCc3ccc(Cl)cc3)cn(C)c12. The Morgan fingerprint density at radius 1 is 1.34 bits per heavy atom. The summed E-state index contributed by atoms with van der Waals surface area (Å²) in [6.45, 7) is 4.66. The largest absolute Gasteiger partial charge is 0.373 e. The second-order valence-corrected chi connectivity index (χ2v) is 8.22. The van der Waals surface area contributed by atoms with Gasteiger partial charge in [0.2, 0.25) is 5.43 Å². The lowest BCUT2D eigenvalue weighted by atomic mass is 10.1. The van der Waals surface area contributed by atoms with Gasteiger partial charge >= 0.3 is 0 Å². The molecule has 5 nitrogen and oxygen atoms in total. The molecule has 2 heterocycles. The fourth-order valence-corrected chi connectivity index (χ4v) is 4.61. The molecular weight excluding hydrogens is 431 g/mol. The highest BCUT2D eigenvalue weighted by Gasteiger charge is 2.21. The van der Waals surface area contributed by atoms with Crippen LogP contribution >= 0.6 is 34.5 Å². The molecule has 8 heteroatoms. The molecule has 3 rings (SSSR count). The number of benzene rings is 1. The normalized spacial score (nSPS) is 11.0. The Morgan fingerprint density at radius 3 is 2.72 bits per heavy atom. The van der Waals surface area contributed by atoms with Gasteiger partial charge in [-0.1, -0.05) is 29.8 Å². The van der Waals surface area contributed by atoms with Crippen LogP contribution in [-0.4, -0.2) is 17.1 Å². The fraction of sp³-hybridized carbons (Fsp3) is 0.238. The number of thiophene rings is 1. The minimum atomic E-state index is -0.423. The van der Waals surface area contributed by atoms with Gasteiger partial charge in [-0.2, -0.15) is 0 Å². The average molecular weight is 451 g/mol. The smallest absolute Gasteiger partial charge is 0.257 e. The van der Waals surface area contributed by atoms with Gasteiger partial charge in [0.1, 0.15) is 5.56 Å². The Labute approximate surface area is 182 Å². The van der Waals surface area contributed by atoms with Crippen molar-refractivity contribution in [1.29, 1.82) is 0 Å². The van der Waals surface area contributed by atoms with Gasteiger partial charge < -0.3 is 14.6 Å². The van der Waals surface area contributed by atoms with E-state index in [4.69, 9.17) is 27.9 Å². The molecule has 0 aliphatic carbocycles. The van der Waals surface area contributed by atoms with E-state index in [0.29, 0.717) is 29.5 Å². The molecule has 0 atom stereocenters. The first-order valence-electron chi connectivity index (χ1n) is 8.87. The number of pyridine rings is 1. The molecule has 1 aromatic carbocycles. The minimum absolute atomic E-state index is 0.0925. The Morgan fingerprint density at radius 2 is 2.07 bits per heavy atom. The van der Waals surface area contributed by atoms with E-state index >= 15 is 0 Å². The molecule has 0 saturated heterocycles. The average Bonchev–Trinajstić information content (AvgIpc) is 3.10. The van der Waals surface area contributed by atoms with Crippen LogP contribution in [0.5, 0.6) is 0 Å². The highest BCUT2D eigenvalue weighted by molar-refractivity contribution is 7.19. The molecule has 1 N–H and O–H groups in total. The molecule has 0 bridgehead atoms. The molecule has 152 valence electrons. The summed E-state index contributed by atoms with van der Waals surface area (Å²) >= 11 is 13.3. The number of alkyl halides is 1. The van der Waals surface area contributed by atoms with Crippen molar-refractivity contribution in [3.05, 3.63) is 79.9 Å². The van der Waals surface area contributed by atoms with Crippen molar-refractivity contribution in [2.75, 3.05) is 6.61 Å². The molecular formula is C21H20Cl2N2O3S. The zero-order valence-corrected chi connectivity index (χ0v) is 18.2. The van der Waals surface area contributed by atoms with Crippen LogP contribution < -0.4 is 10.7 Å². The van der Waals surface area contributed by atoms with E-state index in [2.05, 4.69) is 11.9 Å². The maximum absolute atomic E-state index is 13.0. The van der Waals surface area contributed by atoms with Crippen molar-refractivity contribution in [1.82, 2.24) is 9.88 Å². The van der Waals surface area contributed by atoms with E-state index in [1.165, 1.54) is 11.3 Å². The van der Waals surface area contributed by atoms with Crippen LogP contribution in [0.15, 0.2) is 47.9 Å². The fourth-order valence-electron chi connectivity index (χ4n) is 3.01. The Kier molecular flexibility index (Phi) is 7.14. The van der Waals surface area contributed by atoms with Crippen LogP contribution in [0, 0.1) is 0 Å². The molecule has 0 unspecified atom stereocenters. The van der Waals surface area contributed by atoms with Gasteiger partial charge in [-0.25, -0.2) is 0 Å². The van der Waals surface area contributed by atoms with Gasteiger partial charge in [-0.05, 0) is 17.7 Å². The maximum atomic E-state index is 13.0. The van der Waals surface area contributed by atoms with Crippen molar-refractivity contribution in [3.63, 3.8) is 0 Å². The van der Waals surface area contributed by atoms with E-state index in [1.54, 1.807) is 36.0 Å². The van der Waals surface area contributed by atoms with E-state index in [1.807, 2.05) is 12.1 Å². The molecule has 2 aromatic heterocycles. The van der Waals surface area contributed by atoms with Crippen LogP contribution in [0.4, 0.5) is 0 Å². The topological polar surface area (TPSA) is 60.3 Å². The number of halogens is 2. The van der Waals surface area contributed by atoms with Gasteiger partial charge in [0.15, 0.2) is 0 Å². The quantitative estimate of drug-likeness (QED) is 0.309. The van der Waals surface area contributed by atoms with Crippen molar-refractivity contribution < 1.29 is 9.53 Å². The summed E-state index contributed by atoms with van der Waals surface area (Å²) in [5.41, 5.74) is 2.29. The third kappa shape index (κ3) is 4.73. The van der Waals surface area contributed by atoms with Gasteiger partial charge in [-0.3, -0.25) is 9.59 Å². The first kappa shape index (κ1) is 21.6. The van der Waals surface area contributed by atoms with Crippen LogP contribution in [0.3, 0.4) is 0 Å². The predicted molar refractivity (Wildman–Crippen MR) is 119 cm³/mol. The number of nitrogens with one attached hydrogen (secondary N) is 1. The van der Waals surface area contributed by atoms with Crippen molar-refractivity contribution >= 4 is 50.7 Å². The van der Waals surface area contributed by atoms with E-state index in [0.717, 1.165) is 21.5 Å². The Balaban J connectivity index is 1.92. The van der Waals surface area contributed by atoms with Gasteiger partial charge in [0.25, 0.3) is 5.91 Å². The lowest BCUT2D eigenvalue weighted by molar-refractivity contribution is 0.0949. The van der Waals surface area contributed by atoms with Crippen molar-refractivity contribution in [3.8, 4) is 0 Å². The lowest BCUT2D eigenvalue weighted by Crippen LogP contribution is -2.29. The third-order valence-electron chi connectivity index (χ3n) is 4.40. The molecule has 0 aliphatic rings. The standard InChI is InChI=1S/C21H20Cl2N2O3S/c1-3-8-28-12-16-17(9-22)29-20-18(16)25(2)11-15(19(20)26)21(27)24-10-13-4-6-14(23)7-5-13/h3-7,11H,1,8-10,12H2,2H3,(H,24,27). The highest BCUT2D eigenvalue weighted by Crippen LogP contribution is 2.31. The summed E-state index contributed by atoms with van der Waals surface area (Å²) in [4.78, 5) is 26.5. The predicted octanol–water partition coefficient (Wildman–Crippen LogP) is 4.62. The molecule has 0 saturated carbocycles. The van der Waals surface area contributed by atoms with Crippen LogP contribution in [0.25, 0.3) is 10.2 Å². The molecule has 0 aliphatic heterocycles. The Bertz CT molecular complexity index is 1100. The first-order chi connectivity index (χ1) is 14.0. The first-order valence-corrected chi connectivity index (χ1v) is 10.6. The monoisotopic (exact) mass is 450 g/mol. The zero-order valence-electron chi connectivity index (χ0n) is 15.8. The number of aromatic nitrogens is 1. The summed E-state index contributed by atoms with van der Waals surface area (Å²) in [7, 11) is 1.81. The van der Waals surface area contributed by atoms with Gasteiger partial charge in [0, 0.05) is 35.3 Å². The summed E-state index contributed by atoms with van der Waals surface area (Å²) in [5, 5.41) is 3.42. The number of nitrogens with zero attached hydrogens (tertiary/aromatic N) is 1. The molecule has 1 amide bonds. The molecule has 29 heavy (non-hydrogen) atoms. The number of rotatable bonds is 8. The second kappa shape index (κ2) is 9.59. The molecule has 3 aromatic rings. The number of hydrogen-bond donors (Lipinski definition) is 1. The summed E-state index contributed by atoms with van der Waals surface area (Å²) in [5.74, 6) is -0.156. The summed E-state index contributed by atoms with van der Waals surface area (Å²) < 4.78 is 7.86. The van der Waals surface area contributed by atoms with Crippen molar-refractivity contribution in [2.45, 2.75) is 19.0 Å². The number of carbonyl (C=O) groups is 1. The van der Waals surface area contributed by atoms with E-state index in [9.17, 15) is 9.59 Å². The van der Waals surface area contributed by atoms with E-state index in [-0.39, 0.29) is 16.9 Å². The third-order valence-corrected chi connectivity index (χ3v) is 6.30. The summed E-state index contributed by atoms with van der Waals surface area (Å²) in [6.07, 6.45) is 3.22. The lowest BCUT2D eigenvalue weighted by Gasteiger charge is -2.10. The number of ether oxygens (including phenoxy) is 1. The molecule has 0 fully saturated rings. The molecule has 0 radical (unpaired) electrons. The molecule has 0 spiro atoms. The van der Waals surface area contributed by atoms with Crippen LogP contribution in [-0.2, 0) is 30.8 Å². The second-order valence-electron chi connectivity index (χ2n) is 6.41. The van der Waals surface area contributed by atoms with Crippen LogP contribution in [0.2, 0.25) is 5.02 Å². The number of fused-ring (bicyclic) bond motifs is 1. The summed E-state index contributed by atoms with van der Waals surface area (Å²) in [6, 6.07) is 7.16. The minimum Gasteiger partial charge on any atom is -0.373 e. The number of amides is 1. The number of aryl methyl sites for hydroxylation is 1. The zero-order chi connectivity index (χ0) is 21.0. The number of carbonyl (C=O) groups excluding carboxylic acids is 1. The van der Waals surface area contributed by atoms with Gasteiger partial charge in [0.05, 0.1) is 29.3 Å². The van der Waals surface area contributed by atoms with E-state index < -0.39 is 5.91 Å². The number of hydrogen-bond acceptors (Lipinski definition) is 4. The van der Waals surface area contributed by atoms with Gasteiger partial charge in [-0.15, -0.1) is 29.5 Å². The maximum Gasteiger partial charge on any atom is 0.257 e. The van der Waals surface area contributed by atoms with Crippen molar-refractivity contribution in [2.24, 2.45) is 7.05 Å². The van der Waals surface area contributed by atoms with Crippen LogP contribution in [0.1, 0.15) is 26.4 Å². The highest BCUT2D eigenvalue weighted by atomic mass is 35.5. The Hall–Kier alpha value is -2.12.